The Kier molecular flexibility index (Phi) is 2.91. The van der Waals surface area contributed by atoms with Gasteiger partial charge in [0.2, 0.25) is 5.95 Å². The Bertz CT molecular complexity index is 368. The van der Waals surface area contributed by atoms with Crippen molar-refractivity contribution in [3.05, 3.63) is 11.4 Å². The fourth-order valence-electron chi connectivity index (χ4n) is 1.81. The van der Waals surface area contributed by atoms with Crippen molar-refractivity contribution in [2.75, 3.05) is 11.4 Å². The van der Waals surface area contributed by atoms with Crippen LogP contribution in [0.3, 0.4) is 0 Å². The van der Waals surface area contributed by atoms with Crippen LogP contribution in [0.25, 0.3) is 0 Å². The lowest BCUT2D eigenvalue weighted by Gasteiger charge is -2.20. The molecule has 4 nitrogen and oxygen atoms in total. The molecule has 0 saturated carbocycles. The Hall–Kier alpha value is -0.710. The monoisotopic (exact) mass is 270 g/mol. The molecule has 1 aromatic heterocycles. The van der Waals surface area contributed by atoms with E-state index in [0.29, 0.717) is 10.9 Å². The predicted octanol–water partition coefficient (Wildman–Crippen LogP) is 1.85. The van der Waals surface area contributed by atoms with Crippen molar-refractivity contribution in [3.63, 3.8) is 0 Å². The van der Waals surface area contributed by atoms with Gasteiger partial charge in [-0.1, -0.05) is 15.9 Å². The Labute approximate surface area is 98.2 Å². The van der Waals surface area contributed by atoms with E-state index in [1.807, 2.05) is 13.8 Å². The van der Waals surface area contributed by atoms with Crippen LogP contribution >= 0.6 is 15.9 Å². The molecule has 1 aliphatic heterocycles. The van der Waals surface area contributed by atoms with Crippen molar-refractivity contribution in [3.8, 4) is 0 Å². The summed E-state index contributed by atoms with van der Waals surface area (Å²) in [5.41, 5.74) is 1.87. The largest absolute Gasteiger partial charge is 0.336 e. The molecule has 1 aliphatic rings. The molecule has 1 saturated heterocycles. The average molecular weight is 271 g/mol. The third-order valence-corrected chi connectivity index (χ3v) is 3.52. The Balaban J connectivity index is 2.26. The molecule has 15 heavy (non-hydrogen) atoms. The zero-order valence-corrected chi connectivity index (χ0v) is 10.8. The number of hydrogen-bond donors (Lipinski definition) is 0. The highest BCUT2D eigenvalue weighted by Crippen LogP contribution is 2.26. The van der Waals surface area contributed by atoms with E-state index in [9.17, 15) is 0 Å². The van der Waals surface area contributed by atoms with E-state index in [0.717, 1.165) is 30.3 Å². The minimum atomic E-state index is 0.485. The number of halogens is 1. The highest BCUT2D eigenvalue weighted by atomic mass is 79.9. The number of aromatic nitrogens is 3. The Morgan fingerprint density at radius 1 is 1.27 bits per heavy atom. The first kappa shape index (κ1) is 10.8. The second-order valence-electron chi connectivity index (χ2n) is 4.12. The summed E-state index contributed by atoms with van der Waals surface area (Å²) in [6.07, 6.45) is 1.14. The number of alkyl halides is 1. The molecule has 0 aromatic carbocycles. The Morgan fingerprint density at radius 2 is 2.00 bits per heavy atom. The molecular formula is C10H15BrN4. The van der Waals surface area contributed by atoms with E-state index in [2.05, 4.69) is 42.9 Å². The maximum atomic E-state index is 4.47. The van der Waals surface area contributed by atoms with E-state index in [1.165, 1.54) is 0 Å². The van der Waals surface area contributed by atoms with Crippen LogP contribution in [-0.2, 0) is 0 Å². The van der Waals surface area contributed by atoms with Crippen molar-refractivity contribution in [1.82, 2.24) is 15.2 Å². The normalized spacial score (nSPS) is 26.0. The summed E-state index contributed by atoms with van der Waals surface area (Å²) in [4.78, 5) is 7.22. The maximum absolute atomic E-state index is 4.47. The van der Waals surface area contributed by atoms with Gasteiger partial charge in [-0.15, -0.1) is 5.10 Å². The van der Waals surface area contributed by atoms with Gasteiger partial charge in [0.15, 0.2) is 0 Å². The molecule has 1 aromatic rings. The van der Waals surface area contributed by atoms with Crippen molar-refractivity contribution in [2.24, 2.45) is 0 Å². The van der Waals surface area contributed by atoms with E-state index in [-0.39, 0.29) is 0 Å². The first-order valence-corrected chi connectivity index (χ1v) is 6.08. The molecule has 2 heterocycles. The highest BCUT2D eigenvalue weighted by molar-refractivity contribution is 9.09. The molecule has 1 fully saturated rings. The first-order valence-electron chi connectivity index (χ1n) is 5.16. The predicted molar refractivity (Wildman–Crippen MR) is 63.4 cm³/mol. The fraction of sp³-hybridized carbons (Fsp3) is 0.700. The zero-order chi connectivity index (χ0) is 11.0. The SMILES string of the molecule is Cc1nnc(N2CC(Br)CC2C)nc1C. The number of aryl methyl sites for hydroxylation is 2. The molecule has 0 radical (unpaired) electrons. The molecule has 5 heteroatoms. The molecule has 2 unspecified atom stereocenters. The van der Waals surface area contributed by atoms with E-state index in [4.69, 9.17) is 0 Å². The van der Waals surface area contributed by atoms with Crippen LogP contribution < -0.4 is 4.90 Å². The van der Waals surface area contributed by atoms with Gasteiger partial charge in [-0.25, -0.2) is 4.98 Å². The number of rotatable bonds is 1. The van der Waals surface area contributed by atoms with Gasteiger partial charge >= 0.3 is 0 Å². The quantitative estimate of drug-likeness (QED) is 0.731. The van der Waals surface area contributed by atoms with Crippen LogP contribution in [0, 0.1) is 13.8 Å². The number of anilines is 1. The lowest BCUT2D eigenvalue weighted by Crippen LogP contribution is -2.29. The molecule has 0 N–H and O–H groups in total. The topological polar surface area (TPSA) is 41.9 Å². The molecule has 82 valence electrons. The third-order valence-electron chi connectivity index (χ3n) is 2.86. The van der Waals surface area contributed by atoms with Crippen LogP contribution in [0.1, 0.15) is 24.7 Å². The van der Waals surface area contributed by atoms with Crippen LogP contribution in [-0.4, -0.2) is 32.6 Å². The first-order chi connectivity index (χ1) is 7.08. The molecule has 2 rings (SSSR count). The second kappa shape index (κ2) is 4.04. The zero-order valence-electron chi connectivity index (χ0n) is 9.24. The fourth-order valence-corrected chi connectivity index (χ4v) is 2.66. The smallest absolute Gasteiger partial charge is 0.245 e. The van der Waals surface area contributed by atoms with Crippen molar-refractivity contribution in [1.29, 1.82) is 0 Å². The standard InChI is InChI=1S/C10H15BrN4/c1-6-4-9(11)5-15(6)10-12-7(2)8(3)13-14-10/h6,9H,4-5H2,1-3H3. The van der Waals surface area contributed by atoms with Gasteiger partial charge in [0.05, 0.1) is 11.4 Å². The summed E-state index contributed by atoms with van der Waals surface area (Å²) in [7, 11) is 0. The summed E-state index contributed by atoms with van der Waals surface area (Å²) in [6, 6.07) is 0.485. The highest BCUT2D eigenvalue weighted by Gasteiger charge is 2.29. The minimum Gasteiger partial charge on any atom is -0.336 e. The lowest BCUT2D eigenvalue weighted by atomic mass is 10.2. The van der Waals surface area contributed by atoms with Crippen LogP contribution in [0.2, 0.25) is 0 Å². The summed E-state index contributed by atoms with van der Waals surface area (Å²) in [5, 5.41) is 8.26. The van der Waals surface area contributed by atoms with Gasteiger partial charge in [0.1, 0.15) is 0 Å². The van der Waals surface area contributed by atoms with Gasteiger partial charge in [0.25, 0.3) is 0 Å². The van der Waals surface area contributed by atoms with Gasteiger partial charge in [-0.2, -0.15) is 5.10 Å². The summed E-state index contributed by atoms with van der Waals surface area (Å²) < 4.78 is 0. The van der Waals surface area contributed by atoms with Crippen molar-refractivity contribution in [2.45, 2.75) is 38.1 Å². The van der Waals surface area contributed by atoms with E-state index in [1.54, 1.807) is 0 Å². The van der Waals surface area contributed by atoms with Crippen LogP contribution in [0.15, 0.2) is 0 Å². The van der Waals surface area contributed by atoms with Gasteiger partial charge in [-0.05, 0) is 27.2 Å². The van der Waals surface area contributed by atoms with Crippen molar-refractivity contribution < 1.29 is 0 Å². The minimum absolute atomic E-state index is 0.485. The maximum Gasteiger partial charge on any atom is 0.245 e. The summed E-state index contributed by atoms with van der Waals surface area (Å²) >= 11 is 3.63. The molecular weight excluding hydrogens is 256 g/mol. The van der Waals surface area contributed by atoms with E-state index < -0.39 is 0 Å². The second-order valence-corrected chi connectivity index (χ2v) is 5.41. The third kappa shape index (κ3) is 2.12. The summed E-state index contributed by atoms with van der Waals surface area (Å²) in [6.45, 7) is 7.06. The molecule has 0 aliphatic carbocycles. The van der Waals surface area contributed by atoms with Crippen LogP contribution in [0.4, 0.5) is 5.95 Å². The number of hydrogen-bond acceptors (Lipinski definition) is 4. The molecule has 0 bridgehead atoms. The van der Waals surface area contributed by atoms with Gasteiger partial charge in [-0.3, -0.25) is 0 Å². The summed E-state index contributed by atoms with van der Waals surface area (Å²) in [5.74, 6) is 0.757. The number of nitrogens with zero attached hydrogens (tertiary/aromatic N) is 4. The average Bonchev–Trinajstić information content (AvgIpc) is 2.50. The Morgan fingerprint density at radius 3 is 2.53 bits per heavy atom. The molecule has 2 atom stereocenters. The molecule has 0 amide bonds. The van der Waals surface area contributed by atoms with Gasteiger partial charge in [0, 0.05) is 17.4 Å². The lowest BCUT2D eigenvalue weighted by molar-refractivity contribution is 0.703. The van der Waals surface area contributed by atoms with Crippen LogP contribution in [0.5, 0.6) is 0 Å². The van der Waals surface area contributed by atoms with E-state index >= 15 is 0 Å². The van der Waals surface area contributed by atoms with Gasteiger partial charge < -0.3 is 4.90 Å². The van der Waals surface area contributed by atoms with Crippen molar-refractivity contribution >= 4 is 21.9 Å². The molecule has 0 spiro atoms.